The van der Waals surface area contributed by atoms with Gasteiger partial charge in [-0.05, 0) is 69.4 Å². The summed E-state index contributed by atoms with van der Waals surface area (Å²) in [6, 6.07) is 8.52. The number of carbonyl (C=O) groups is 2. The molecule has 1 aromatic heterocycles. The molecule has 2 atom stereocenters. The number of aromatic amines is 1. The van der Waals surface area contributed by atoms with Crippen LogP contribution in [0.1, 0.15) is 36.2 Å². The maximum absolute atomic E-state index is 14.2. The predicted molar refractivity (Wildman–Crippen MR) is 127 cm³/mol. The Morgan fingerprint density at radius 3 is 2.74 bits per heavy atom. The van der Waals surface area contributed by atoms with Crippen LogP contribution < -0.4 is 0 Å². The summed E-state index contributed by atoms with van der Waals surface area (Å²) >= 11 is 6.10. The van der Waals surface area contributed by atoms with Crippen molar-refractivity contribution in [3.63, 3.8) is 0 Å². The molecule has 2 N–H and O–H groups in total. The van der Waals surface area contributed by atoms with E-state index >= 15 is 0 Å². The smallest absolute Gasteiger partial charge is 0.328 e. The normalized spacial score (nSPS) is 22.1. The van der Waals surface area contributed by atoms with Gasteiger partial charge in [-0.2, -0.15) is 0 Å². The van der Waals surface area contributed by atoms with Crippen LogP contribution in [0, 0.1) is 5.82 Å². The molecule has 0 aliphatic carbocycles. The highest BCUT2D eigenvalue weighted by atomic mass is 35.5. The van der Waals surface area contributed by atoms with Crippen molar-refractivity contribution in [3.05, 3.63) is 64.1 Å². The maximum atomic E-state index is 14.2. The topological polar surface area (TPSA) is 79.9 Å². The van der Waals surface area contributed by atoms with E-state index in [1.165, 1.54) is 11.0 Å². The molecule has 5 rings (SSSR count). The van der Waals surface area contributed by atoms with Crippen LogP contribution in [-0.2, 0) is 11.2 Å². The van der Waals surface area contributed by atoms with Crippen LogP contribution in [0.15, 0.2) is 36.4 Å². The van der Waals surface area contributed by atoms with Gasteiger partial charge in [0.2, 0.25) is 0 Å². The Balaban J connectivity index is 1.68. The predicted octanol–water partition coefficient (Wildman–Crippen LogP) is 4.29. The minimum atomic E-state index is -1.13. The zero-order chi connectivity index (χ0) is 24.4. The number of rotatable bonds is 5. The molecule has 7 nitrogen and oxygen atoms in total. The first kappa shape index (κ1) is 22.7. The SMILES string of the molecule is CN(C)CCCN1C(=O)N2C(c3cccc(O)c3)c3[nH]c4cc(F)c(Cl)cc4c3CC2(C)C1=O. The van der Waals surface area contributed by atoms with Crippen molar-refractivity contribution in [3.8, 4) is 5.75 Å². The highest BCUT2D eigenvalue weighted by Crippen LogP contribution is 2.49. The first-order chi connectivity index (χ1) is 16.1. The molecule has 0 radical (unpaired) electrons. The zero-order valence-corrected chi connectivity index (χ0v) is 20.0. The van der Waals surface area contributed by atoms with Crippen LogP contribution in [0.4, 0.5) is 9.18 Å². The number of aromatic hydroxyl groups is 1. The molecule has 0 bridgehead atoms. The molecule has 2 unspecified atom stereocenters. The van der Waals surface area contributed by atoms with Crippen molar-refractivity contribution in [2.45, 2.75) is 31.3 Å². The minimum absolute atomic E-state index is 0.00470. The Morgan fingerprint density at radius 2 is 2.03 bits per heavy atom. The van der Waals surface area contributed by atoms with Gasteiger partial charge in [0.1, 0.15) is 23.1 Å². The molecule has 0 spiro atoms. The monoisotopic (exact) mass is 484 g/mol. The number of urea groups is 1. The van der Waals surface area contributed by atoms with E-state index in [-0.39, 0.29) is 29.1 Å². The van der Waals surface area contributed by atoms with Crippen molar-refractivity contribution < 1.29 is 19.1 Å². The third-order valence-corrected chi connectivity index (χ3v) is 7.17. The molecule has 3 amide bonds. The quantitative estimate of drug-likeness (QED) is 0.529. The number of benzene rings is 2. The van der Waals surface area contributed by atoms with Crippen LogP contribution in [-0.4, -0.2) is 69.5 Å². The van der Waals surface area contributed by atoms with Crippen molar-refractivity contribution in [2.75, 3.05) is 27.2 Å². The Bertz CT molecular complexity index is 1320. The van der Waals surface area contributed by atoms with Crippen molar-refractivity contribution in [1.82, 2.24) is 19.7 Å². The molecule has 2 aromatic carbocycles. The number of phenols is 1. The number of imide groups is 1. The fourth-order valence-electron chi connectivity index (χ4n) is 5.29. The maximum Gasteiger partial charge on any atom is 0.328 e. The van der Waals surface area contributed by atoms with E-state index in [0.29, 0.717) is 29.7 Å². The molecule has 2 aliphatic rings. The number of fused-ring (bicyclic) bond motifs is 4. The van der Waals surface area contributed by atoms with Crippen LogP contribution in [0.3, 0.4) is 0 Å². The lowest BCUT2D eigenvalue weighted by atomic mass is 9.81. The third-order valence-electron chi connectivity index (χ3n) is 6.88. The molecule has 1 fully saturated rings. The number of H-pyrrole nitrogens is 1. The first-order valence-corrected chi connectivity index (χ1v) is 11.6. The first-order valence-electron chi connectivity index (χ1n) is 11.2. The highest BCUT2D eigenvalue weighted by molar-refractivity contribution is 6.31. The van der Waals surface area contributed by atoms with Crippen LogP contribution in [0.25, 0.3) is 10.9 Å². The summed E-state index contributed by atoms with van der Waals surface area (Å²) in [5.41, 5.74) is 1.58. The lowest BCUT2D eigenvalue weighted by Crippen LogP contribution is -2.53. The van der Waals surface area contributed by atoms with Crippen molar-refractivity contribution in [1.29, 1.82) is 0 Å². The Labute approximate surface area is 201 Å². The summed E-state index contributed by atoms with van der Waals surface area (Å²) in [6.45, 7) is 2.85. The van der Waals surface area contributed by atoms with Crippen molar-refractivity contribution >= 4 is 34.4 Å². The summed E-state index contributed by atoms with van der Waals surface area (Å²) in [5, 5.41) is 10.9. The van der Waals surface area contributed by atoms with Gasteiger partial charge in [0.15, 0.2) is 0 Å². The van der Waals surface area contributed by atoms with Gasteiger partial charge in [0.25, 0.3) is 5.91 Å². The average Bonchev–Trinajstić information content (AvgIpc) is 3.19. The molecule has 0 saturated carbocycles. The van der Waals surface area contributed by atoms with Crippen LogP contribution >= 0.6 is 11.6 Å². The molecular formula is C25H26ClFN4O3. The summed E-state index contributed by atoms with van der Waals surface area (Å²) in [6.07, 6.45) is 0.933. The largest absolute Gasteiger partial charge is 0.508 e. The van der Waals surface area contributed by atoms with Gasteiger partial charge in [0, 0.05) is 29.6 Å². The number of nitrogens with zero attached hydrogens (tertiary/aromatic N) is 3. The standard InChI is InChI=1S/C25H26ClFN4O3/c1-25-13-17-16-11-18(26)19(27)12-20(16)28-21(17)22(14-6-4-7-15(32)10-14)31(25)24(34)30(23(25)33)9-5-8-29(2)3/h4,6-7,10-12,22,28,32H,5,8-9,13H2,1-3H3. The summed E-state index contributed by atoms with van der Waals surface area (Å²) < 4.78 is 14.2. The lowest BCUT2D eigenvalue weighted by Gasteiger charge is -2.42. The van der Waals surface area contributed by atoms with Gasteiger partial charge in [0.05, 0.1) is 5.02 Å². The third kappa shape index (κ3) is 3.35. The number of hydrogen-bond donors (Lipinski definition) is 2. The number of nitrogens with one attached hydrogen (secondary N) is 1. The number of aromatic nitrogens is 1. The van der Waals surface area contributed by atoms with Gasteiger partial charge in [-0.15, -0.1) is 0 Å². The van der Waals surface area contributed by atoms with Crippen molar-refractivity contribution in [2.24, 2.45) is 0 Å². The Morgan fingerprint density at radius 1 is 1.26 bits per heavy atom. The Hall–Kier alpha value is -3.10. The molecular weight excluding hydrogens is 459 g/mol. The molecule has 3 aromatic rings. The van der Waals surface area contributed by atoms with E-state index in [9.17, 15) is 19.1 Å². The van der Waals surface area contributed by atoms with Crippen LogP contribution in [0.2, 0.25) is 5.02 Å². The van der Waals surface area contributed by atoms with E-state index in [1.54, 1.807) is 36.1 Å². The van der Waals surface area contributed by atoms with Gasteiger partial charge in [-0.3, -0.25) is 14.6 Å². The van der Waals surface area contributed by atoms with Gasteiger partial charge in [-0.1, -0.05) is 23.7 Å². The molecule has 9 heteroatoms. The molecule has 34 heavy (non-hydrogen) atoms. The fourth-order valence-corrected chi connectivity index (χ4v) is 5.46. The minimum Gasteiger partial charge on any atom is -0.508 e. The van der Waals surface area contributed by atoms with Gasteiger partial charge in [-0.25, -0.2) is 9.18 Å². The van der Waals surface area contributed by atoms with E-state index in [0.717, 1.165) is 17.5 Å². The zero-order valence-electron chi connectivity index (χ0n) is 19.2. The highest BCUT2D eigenvalue weighted by Gasteiger charge is 2.60. The number of phenolic OH excluding ortho intramolecular Hbond substituents is 1. The summed E-state index contributed by atoms with van der Waals surface area (Å²) in [5.74, 6) is -0.750. The van der Waals surface area contributed by atoms with E-state index in [1.807, 2.05) is 25.1 Å². The van der Waals surface area contributed by atoms with E-state index < -0.39 is 17.4 Å². The second-order valence-electron chi connectivity index (χ2n) is 9.54. The van der Waals surface area contributed by atoms with Gasteiger partial charge < -0.3 is 15.0 Å². The molecule has 178 valence electrons. The average molecular weight is 485 g/mol. The molecule has 2 aliphatic heterocycles. The Kier molecular flexibility index (Phi) is 5.33. The molecule has 1 saturated heterocycles. The van der Waals surface area contributed by atoms with E-state index in [4.69, 9.17) is 11.6 Å². The number of halogens is 2. The van der Waals surface area contributed by atoms with E-state index in [2.05, 4.69) is 4.98 Å². The lowest BCUT2D eigenvalue weighted by molar-refractivity contribution is -0.133. The second kappa shape index (κ2) is 7.99. The fraction of sp³-hybridized carbons (Fsp3) is 0.360. The number of hydrogen-bond acceptors (Lipinski definition) is 4. The second-order valence-corrected chi connectivity index (χ2v) is 9.95. The van der Waals surface area contributed by atoms with Crippen LogP contribution in [0.5, 0.6) is 5.75 Å². The van der Waals surface area contributed by atoms with Gasteiger partial charge >= 0.3 is 6.03 Å². The summed E-state index contributed by atoms with van der Waals surface area (Å²) in [4.78, 5) is 35.6. The number of carbonyl (C=O) groups excluding carboxylic acids is 2. The number of amides is 3. The summed E-state index contributed by atoms with van der Waals surface area (Å²) in [7, 11) is 3.89. The molecule has 3 heterocycles.